The molecule has 0 bridgehead atoms. The zero-order valence-corrected chi connectivity index (χ0v) is 26.1. The Morgan fingerprint density at radius 1 is 1.03 bits per heavy atom. The summed E-state index contributed by atoms with van der Waals surface area (Å²) >= 11 is -0.979. The van der Waals surface area contributed by atoms with Gasteiger partial charge in [-0.15, -0.1) is 0 Å². The van der Waals surface area contributed by atoms with Gasteiger partial charge in [0.25, 0.3) is 0 Å². The van der Waals surface area contributed by atoms with Crippen molar-refractivity contribution < 1.29 is 47.7 Å². The molecule has 0 nitrogen and oxygen atoms in total. The van der Waals surface area contributed by atoms with Crippen LogP contribution in [-0.2, 0) is 22.9 Å². The molecule has 1 aromatic rings. The number of unbranched alkanes of at least 4 members (excludes halogenated alkanes) is 1. The van der Waals surface area contributed by atoms with Gasteiger partial charge in [0.05, 0.1) is 0 Å². The normalized spacial score (nSPS) is 20.0. The van der Waals surface area contributed by atoms with E-state index in [0.29, 0.717) is 0 Å². The van der Waals surface area contributed by atoms with Crippen molar-refractivity contribution in [3.05, 3.63) is 61.3 Å². The number of rotatable bonds is 10. The molecule has 0 aromatic heterocycles. The van der Waals surface area contributed by atoms with Gasteiger partial charge in [-0.2, -0.15) is 0 Å². The second-order valence-corrected chi connectivity index (χ2v) is 17.2. The average molecular weight is 644 g/mol. The van der Waals surface area contributed by atoms with E-state index in [-0.39, 0.29) is 32.7 Å². The van der Waals surface area contributed by atoms with E-state index < -0.39 is 22.9 Å². The Bertz CT molecular complexity index is 801. The SMILES string of the molecule is CCCCC1=[C]([Hf+2][CH]2C(P(C(C)CC)C(C)CC)=Cc3ccccc32)CC=C1C.[Cl-].[Cl-]. The minimum atomic E-state index is -0.979. The Morgan fingerprint density at radius 2 is 1.68 bits per heavy atom. The Morgan fingerprint density at radius 3 is 2.29 bits per heavy atom. The van der Waals surface area contributed by atoms with Crippen LogP contribution in [-0.4, -0.2) is 11.3 Å². The third kappa shape index (κ3) is 6.68. The van der Waals surface area contributed by atoms with E-state index in [1.165, 1.54) is 44.1 Å². The minimum Gasteiger partial charge on any atom is -1.00 e. The Hall–Kier alpha value is 0.320. The van der Waals surface area contributed by atoms with Crippen molar-refractivity contribution in [3.8, 4) is 0 Å². The summed E-state index contributed by atoms with van der Waals surface area (Å²) in [7, 11) is -0.0565. The van der Waals surface area contributed by atoms with Crippen molar-refractivity contribution in [2.75, 3.05) is 0 Å². The molecule has 0 aliphatic heterocycles. The average Bonchev–Trinajstić information content (AvgIpc) is 3.27. The fraction of sp³-hybridized carbons (Fsp3) is 0.556. The fourth-order valence-electron chi connectivity index (χ4n) is 4.78. The van der Waals surface area contributed by atoms with Gasteiger partial charge in [0, 0.05) is 0 Å². The van der Waals surface area contributed by atoms with Crippen molar-refractivity contribution in [2.24, 2.45) is 0 Å². The maximum atomic E-state index is 2.65. The smallest absolute Gasteiger partial charge is 1.00 e. The summed E-state index contributed by atoms with van der Waals surface area (Å²) in [6.07, 6.45) is 13.1. The number of hydrogen-bond acceptors (Lipinski definition) is 0. The number of fused-ring (bicyclic) bond motifs is 1. The topological polar surface area (TPSA) is 0 Å². The van der Waals surface area contributed by atoms with E-state index in [1.807, 2.05) is 8.64 Å². The number of benzene rings is 1. The predicted octanol–water partition coefficient (Wildman–Crippen LogP) is 3.05. The van der Waals surface area contributed by atoms with Crippen LogP contribution in [0.5, 0.6) is 0 Å². The molecule has 0 saturated heterocycles. The zero-order chi connectivity index (χ0) is 21.0. The number of halogens is 2. The molecule has 4 heteroatoms. The van der Waals surface area contributed by atoms with Gasteiger partial charge in [0.1, 0.15) is 0 Å². The standard InChI is InChI=1S/C17H24P.C10H15.2ClH.Hf/c1-5-13(3)18(14(4)6-2)17-11-15-9-7-8-10-16(15)12-17;1-3-4-7-10-8-5-6-9(10)2;;;/h7-14H,5-6H2,1-4H3;6H,3-5,7H2,1-2H3;2*1H;/q;;;;+2/p-2. The summed E-state index contributed by atoms with van der Waals surface area (Å²) in [6, 6.07) is 9.36. The first-order chi connectivity index (χ1) is 14.0. The third-order valence-electron chi connectivity index (χ3n) is 6.89. The van der Waals surface area contributed by atoms with Crippen molar-refractivity contribution in [2.45, 2.75) is 95.1 Å². The van der Waals surface area contributed by atoms with E-state index >= 15 is 0 Å². The molecule has 0 fully saturated rings. The van der Waals surface area contributed by atoms with Gasteiger partial charge in [-0.3, -0.25) is 0 Å². The molecule has 3 rings (SSSR count). The van der Waals surface area contributed by atoms with Crippen LogP contribution in [0.3, 0.4) is 0 Å². The molecule has 3 unspecified atom stereocenters. The molecule has 2 aliphatic rings. The van der Waals surface area contributed by atoms with E-state index in [0.717, 1.165) is 15.0 Å². The Balaban J connectivity index is 0.00000240. The van der Waals surface area contributed by atoms with Crippen molar-refractivity contribution >= 4 is 14.0 Å². The molecule has 0 radical (unpaired) electrons. The summed E-state index contributed by atoms with van der Waals surface area (Å²) in [5.74, 6) is 0. The van der Waals surface area contributed by atoms with Crippen LogP contribution in [0.2, 0.25) is 0 Å². The Labute approximate surface area is 216 Å². The first-order valence-electron chi connectivity index (χ1n) is 11.8. The van der Waals surface area contributed by atoms with Crippen LogP contribution >= 0.6 is 7.92 Å². The second-order valence-electron chi connectivity index (χ2n) is 8.85. The van der Waals surface area contributed by atoms with Crippen LogP contribution in [0.25, 0.3) is 6.08 Å². The molecule has 170 valence electrons. The van der Waals surface area contributed by atoms with Gasteiger partial charge in [0.15, 0.2) is 0 Å². The number of allylic oxidation sites excluding steroid dienone is 5. The summed E-state index contributed by atoms with van der Waals surface area (Å²) in [6.45, 7) is 14.6. The predicted molar refractivity (Wildman–Crippen MR) is 129 cm³/mol. The van der Waals surface area contributed by atoms with Gasteiger partial charge in [-0.25, -0.2) is 0 Å². The van der Waals surface area contributed by atoms with Crippen LogP contribution < -0.4 is 24.8 Å². The van der Waals surface area contributed by atoms with Crippen LogP contribution in [0.1, 0.15) is 94.9 Å². The number of hydrogen-bond donors (Lipinski definition) is 0. The molecule has 0 heterocycles. The van der Waals surface area contributed by atoms with E-state index in [4.69, 9.17) is 0 Å². The molecule has 0 N–H and O–H groups in total. The molecule has 3 atom stereocenters. The second kappa shape index (κ2) is 13.9. The maximum absolute atomic E-state index is 2.65. The first kappa shape index (κ1) is 29.4. The van der Waals surface area contributed by atoms with Crippen molar-refractivity contribution in [1.82, 2.24) is 0 Å². The zero-order valence-electron chi connectivity index (χ0n) is 20.1. The summed E-state index contributed by atoms with van der Waals surface area (Å²) < 4.78 is 2.72. The van der Waals surface area contributed by atoms with E-state index in [2.05, 4.69) is 78.0 Å². The van der Waals surface area contributed by atoms with Crippen LogP contribution in [0.4, 0.5) is 0 Å². The van der Waals surface area contributed by atoms with Crippen molar-refractivity contribution in [1.29, 1.82) is 0 Å². The minimum absolute atomic E-state index is 0. The summed E-state index contributed by atoms with van der Waals surface area (Å²) in [5.41, 5.74) is 8.26. The van der Waals surface area contributed by atoms with E-state index in [1.54, 1.807) is 16.7 Å². The molecule has 0 amide bonds. The summed E-state index contributed by atoms with van der Waals surface area (Å²) in [5, 5.41) is 1.88. The quantitative estimate of drug-likeness (QED) is 0.272. The van der Waals surface area contributed by atoms with Gasteiger partial charge < -0.3 is 24.8 Å². The fourth-order valence-corrected chi connectivity index (χ4v) is 16.5. The van der Waals surface area contributed by atoms with Gasteiger partial charge in [-0.05, 0) is 0 Å². The molecular weight excluding hydrogens is 605 g/mol. The van der Waals surface area contributed by atoms with E-state index in [9.17, 15) is 0 Å². The van der Waals surface area contributed by atoms with Gasteiger partial charge in [-0.1, -0.05) is 0 Å². The van der Waals surface area contributed by atoms with Crippen molar-refractivity contribution in [3.63, 3.8) is 0 Å². The largest absolute Gasteiger partial charge is 1.00 e. The molecule has 1 aromatic carbocycles. The molecule has 0 saturated carbocycles. The first-order valence-corrected chi connectivity index (χ1v) is 17.1. The molecule has 31 heavy (non-hydrogen) atoms. The van der Waals surface area contributed by atoms with Crippen LogP contribution in [0.15, 0.2) is 50.1 Å². The van der Waals surface area contributed by atoms with Gasteiger partial charge in [0.2, 0.25) is 0 Å². The van der Waals surface area contributed by atoms with Gasteiger partial charge >= 0.3 is 193 Å². The molecule has 0 spiro atoms. The molecule has 2 aliphatic carbocycles. The third-order valence-corrected chi connectivity index (χ3v) is 17.7. The summed E-state index contributed by atoms with van der Waals surface area (Å²) in [4.78, 5) is 0. The van der Waals surface area contributed by atoms with Crippen LogP contribution in [0, 0.1) is 0 Å². The molecular formula is C27H39Cl2HfP. The Kier molecular flexibility index (Phi) is 13.2. The maximum Gasteiger partial charge on any atom is -1.00 e. The monoisotopic (exact) mass is 644 g/mol.